The molecule has 8 heteroatoms. The van der Waals surface area contributed by atoms with Crippen molar-refractivity contribution in [2.24, 2.45) is 5.92 Å². The quantitative estimate of drug-likeness (QED) is 0.702. The Morgan fingerprint density at radius 2 is 1.90 bits per heavy atom. The highest BCUT2D eigenvalue weighted by Crippen LogP contribution is 2.33. The first kappa shape index (κ1) is 24.3. The molecule has 3 atom stereocenters. The van der Waals surface area contributed by atoms with Crippen LogP contribution in [0.25, 0.3) is 10.9 Å². The Balaban J connectivity index is 0.00000136. The normalized spacial score (nSPS) is 26.0. The van der Waals surface area contributed by atoms with Gasteiger partial charge in [-0.1, -0.05) is 12.8 Å². The summed E-state index contributed by atoms with van der Waals surface area (Å²) >= 11 is 0. The number of carbonyl (C=O) groups is 1. The second-order valence-corrected chi connectivity index (χ2v) is 8.83. The number of nitrogens with one attached hydrogen (secondary N) is 2. The van der Waals surface area contributed by atoms with Gasteiger partial charge in [-0.15, -0.1) is 24.8 Å². The number of anilines is 1. The van der Waals surface area contributed by atoms with Crippen molar-refractivity contribution in [1.82, 2.24) is 14.8 Å². The number of carbonyl (C=O) groups excluding carboxylic acids is 1. The highest BCUT2D eigenvalue weighted by molar-refractivity contribution is 5.97. The molecule has 2 aromatic rings. The van der Waals surface area contributed by atoms with E-state index in [1.807, 2.05) is 6.07 Å². The molecule has 2 saturated heterocycles. The van der Waals surface area contributed by atoms with Gasteiger partial charge >= 0.3 is 0 Å². The van der Waals surface area contributed by atoms with Crippen molar-refractivity contribution in [3.05, 3.63) is 30.5 Å². The van der Waals surface area contributed by atoms with Crippen LogP contribution in [0.4, 0.5) is 5.69 Å². The standard InChI is InChI=1S/C23H32N4O2.2ClH/c28-23(21-16-17-3-1-2-4-20(17)25-21)24-19-5-6-22-18(15-19)7-8-27(22)10-9-26-11-13-29-14-12-26;;/h5-8,15,17,20-21,25H,1-4,9-14,16H2,(H,24,28);2*1H. The number of halogens is 2. The molecule has 3 aliphatic rings. The van der Waals surface area contributed by atoms with Crippen LogP contribution in [-0.2, 0) is 16.1 Å². The molecule has 1 amide bonds. The highest BCUT2D eigenvalue weighted by Gasteiger charge is 2.38. The molecule has 3 unspecified atom stereocenters. The molecule has 3 heterocycles. The molecular weight excluding hydrogens is 435 g/mol. The monoisotopic (exact) mass is 468 g/mol. The predicted molar refractivity (Wildman–Crippen MR) is 130 cm³/mol. The van der Waals surface area contributed by atoms with Crippen LogP contribution in [0, 0.1) is 5.92 Å². The van der Waals surface area contributed by atoms with Crippen LogP contribution >= 0.6 is 24.8 Å². The fourth-order valence-electron chi connectivity index (χ4n) is 5.30. The summed E-state index contributed by atoms with van der Waals surface area (Å²) in [7, 11) is 0. The third kappa shape index (κ3) is 5.55. The number of ether oxygens (including phenoxy) is 1. The lowest BCUT2D eigenvalue weighted by Crippen LogP contribution is -2.39. The topological polar surface area (TPSA) is 58.5 Å². The molecule has 1 saturated carbocycles. The molecule has 0 spiro atoms. The number of hydrogen-bond donors (Lipinski definition) is 2. The van der Waals surface area contributed by atoms with Gasteiger partial charge in [0, 0.05) is 55.0 Å². The first-order valence-electron chi connectivity index (χ1n) is 11.2. The van der Waals surface area contributed by atoms with Gasteiger partial charge in [0.25, 0.3) is 0 Å². The van der Waals surface area contributed by atoms with E-state index in [1.165, 1.54) is 36.6 Å². The van der Waals surface area contributed by atoms with E-state index in [0.717, 1.165) is 51.5 Å². The largest absolute Gasteiger partial charge is 0.379 e. The molecule has 1 aromatic carbocycles. The summed E-state index contributed by atoms with van der Waals surface area (Å²) in [5.41, 5.74) is 2.12. The minimum Gasteiger partial charge on any atom is -0.379 e. The van der Waals surface area contributed by atoms with Crippen LogP contribution < -0.4 is 10.6 Å². The average Bonchev–Trinajstić information content (AvgIpc) is 3.37. The minimum atomic E-state index is -0.0445. The number of amides is 1. The summed E-state index contributed by atoms with van der Waals surface area (Å²) in [6.45, 7) is 5.74. The lowest BCUT2D eigenvalue weighted by atomic mass is 9.85. The second-order valence-electron chi connectivity index (χ2n) is 8.83. The van der Waals surface area contributed by atoms with Crippen molar-refractivity contribution >= 4 is 47.3 Å². The summed E-state index contributed by atoms with van der Waals surface area (Å²) in [6.07, 6.45) is 8.23. The van der Waals surface area contributed by atoms with E-state index in [0.29, 0.717) is 12.0 Å². The maximum Gasteiger partial charge on any atom is 0.241 e. The smallest absolute Gasteiger partial charge is 0.241 e. The van der Waals surface area contributed by atoms with Crippen molar-refractivity contribution in [3.8, 4) is 0 Å². The Bertz CT molecular complexity index is 854. The zero-order chi connectivity index (χ0) is 19.6. The van der Waals surface area contributed by atoms with Crippen LogP contribution in [0.5, 0.6) is 0 Å². The van der Waals surface area contributed by atoms with Crippen LogP contribution in [-0.4, -0.2) is 60.3 Å². The fourth-order valence-corrected chi connectivity index (χ4v) is 5.30. The summed E-state index contributed by atoms with van der Waals surface area (Å²) in [6, 6.07) is 8.91. The molecule has 0 radical (unpaired) electrons. The van der Waals surface area contributed by atoms with Gasteiger partial charge in [0.1, 0.15) is 0 Å². The predicted octanol–water partition coefficient (Wildman–Crippen LogP) is 3.68. The summed E-state index contributed by atoms with van der Waals surface area (Å²) in [5.74, 6) is 0.799. The molecule has 5 rings (SSSR count). The maximum atomic E-state index is 12.8. The molecule has 3 fully saturated rings. The van der Waals surface area contributed by atoms with E-state index in [4.69, 9.17) is 4.74 Å². The first-order valence-corrected chi connectivity index (χ1v) is 11.2. The van der Waals surface area contributed by atoms with E-state index in [1.54, 1.807) is 0 Å². The Morgan fingerprint density at radius 3 is 2.71 bits per heavy atom. The van der Waals surface area contributed by atoms with E-state index >= 15 is 0 Å². The summed E-state index contributed by atoms with van der Waals surface area (Å²) in [5, 5.41) is 7.90. The number of rotatable bonds is 5. The third-order valence-electron chi connectivity index (χ3n) is 6.98. The first-order chi connectivity index (χ1) is 14.3. The van der Waals surface area contributed by atoms with Crippen LogP contribution in [0.2, 0.25) is 0 Å². The van der Waals surface area contributed by atoms with Crippen LogP contribution in [0.3, 0.4) is 0 Å². The Morgan fingerprint density at radius 1 is 1.10 bits per heavy atom. The number of morpholine rings is 1. The van der Waals surface area contributed by atoms with Crippen molar-refractivity contribution in [2.45, 2.75) is 50.7 Å². The van der Waals surface area contributed by atoms with Crippen LogP contribution in [0.1, 0.15) is 32.1 Å². The Labute approximate surface area is 196 Å². The minimum absolute atomic E-state index is 0. The molecule has 0 bridgehead atoms. The zero-order valence-electron chi connectivity index (χ0n) is 17.9. The van der Waals surface area contributed by atoms with Gasteiger partial charge in [-0.2, -0.15) is 0 Å². The second kappa shape index (κ2) is 11.0. The zero-order valence-corrected chi connectivity index (χ0v) is 19.6. The van der Waals surface area contributed by atoms with E-state index in [2.05, 4.69) is 44.5 Å². The number of nitrogens with zero attached hydrogens (tertiary/aromatic N) is 2. The molecule has 31 heavy (non-hydrogen) atoms. The van der Waals surface area contributed by atoms with Crippen molar-refractivity contribution in [3.63, 3.8) is 0 Å². The Kier molecular flexibility index (Phi) is 8.65. The van der Waals surface area contributed by atoms with Gasteiger partial charge in [0.15, 0.2) is 0 Å². The van der Waals surface area contributed by atoms with Crippen molar-refractivity contribution in [1.29, 1.82) is 0 Å². The molecule has 172 valence electrons. The van der Waals surface area contributed by atoms with Gasteiger partial charge in [-0.05, 0) is 49.4 Å². The van der Waals surface area contributed by atoms with Crippen molar-refractivity contribution < 1.29 is 9.53 Å². The number of hydrogen-bond acceptors (Lipinski definition) is 4. The molecular formula is C23H34Cl2N4O2. The van der Waals surface area contributed by atoms with E-state index < -0.39 is 0 Å². The molecule has 2 aliphatic heterocycles. The van der Waals surface area contributed by atoms with Crippen LogP contribution in [0.15, 0.2) is 30.5 Å². The lowest BCUT2D eigenvalue weighted by Gasteiger charge is -2.26. The van der Waals surface area contributed by atoms with Crippen molar-refractivity contribution in [2.75, 3.05) is 38.2 Å². The fraction of sp³-hybridized carbons (Fsp3) is 0.609. The molecule has 1 aromatic heterocycles. The van der Waals surface area contributed by atoms with Gasteiger partial charge in [-0.25, -0.2) is 0 Å². The van der Waals surface area contributed by atoms with E-state index in [9.17, 15) is 4.79 Å². The molecule has 2 N–H and O–H groups in total. The van der Waals surface area contributed by atoms with Gasteiger partial charge < -0.3 is 19.9 Å². The van der Waals surface area contributed by atoms with Gasteiger partial charge in [-0.3, -0.25) is 9.69 Å². The summed E-state index contributed by atoms with van der Waals surface area (Å²) in [4.78, 5) is 15.2. The maximum absolute atomic E-state index is 12.8. The molecule has 6 nitrogen and oxygen atoms in total. The van der Waals surface area contributed by atoms with E-state index in [-0.39, 0.29) is 36.8 Å². The molecule has 1 aliphatic carbocycles. The SMILES string of the molecule is Cl.Cl.O=C(Nc1ccc2c(ccn2CCN2CCOCC2)c1)C1CC2CCCCC2N1. The van der Waals surface area contributed by atoms with Gasteiger partial charge in [0.05, 0.1) is 19.3 Å². The van der Waals surface area contributed by atoms with Gasteiger partial charge in [0.2, 0.25) is 5.91 Å². The third-order valence-corrected chi connectivity index (χ3v) is 6.98. The number of fused-ring (bicyclic) bond motifs is 2. The average molecular weight is 469 g/mol. The summed E-state index contributed by atoms with van der Waals surface area (Å²) < 4.78 is 7.73. The highest BCUT2D eigenvalue weighted by atomic mass is 35.5. The number of aromatic nitrogens is 1. The number of benzene rings is 1. The lowest BCUT2D eigenvalue weighted by molar-refractivity contribution is -0.117. The Hall–Kier alpha value is -1.31.